The van der Waals surface area contributed by atoms with Gasteiger partial charge in [0, 0.05) is 57.0 Å². The first-order valence-electron chi connectivity index (χ1n) is 9.66. The molecule has 2 fully saturated rings. The van der Waals surface area contributed by atoms with Gasteiger partial charge in [-0.15, -0.1) is 0 Å². The predicted octanol–water partition coefficient (Wildman–Crippen LogP) is 1.04. The van der Waals surface area contributed by atoms with Crippen LogP contribution in [0.5, 0.6) is 0 Å². The number of rotatable bonds is 6. The van der Waals surface area contributed by atoms with E-state index >= 15 is 0 Å². The van der Waals surface area contributed by atoms with Gasteiger partial charge in [0.05, 0.1) is 19.8 Å². The highest BCUT2D eigenvalue weighted by Gasteiger charge is 2.29. The highest BCUT2D eigenvalue weighted by molar-refractivity contribution is 5.78. The maximum Gasteiger partial charge on any atom is 0.234 e. The fourth-order valence-corrected chi connectivity index (χ4v) is 3.66. The number of hydrogen-bond donors (Lipinski definition) is 1. The van der Waals surface area contributed by atoms with Crippen LogP contribution in [0.4, 0.5) is 5.69 Å². The van der Waals surface area contributed by atoms with Crippen molar-refractivity contribution in [1.29, 1.82) is 0 Å². The molecular formula is C20H32N4O2. The molecule has 0 aromatic heterocycles. The first-order valence-corrected chi connectivity index (χ1v) is 9.66. The van der Waals surface area contributed by atoms with Crippen molar-refractivity contribution in [3.8, 4) is 0 Å². The molecule has 6 heteroatoms. The van der Waals surface area contributed by atoms with Crippen LogP contribution in [0, 0.1) is 0 Å². The summed E-state index contributed by atoms with van der Waals surface area (Å²) in [6.07, 6.45) is 0. The fraction of sp³-hybridized carbons (Fsp3) is 0.650. The zero-order valence-corrected chi connectivity index (χ0v) is 16.1. The molecule has 0 unspecified atom stereocenters. The van der Waals surface area contributed by atoms with E-state index in [1.54, 1.807) is 0 Å². The lowest BCUT2D eigenvalue weighted by molar-refractivity contribution is -0.123. The molecule has 3 rings (SSSR count). The molecule has 26 heavy (non-hydrogen) atoms. The van der Waals surface area contributed by atoms with Gasteiger partial charge in [-0.2, -0.15) is 0 Å². The van der Waals surface area contributed by atoms with Gasteiger partial charge in [-0.05, 0) is 26.0 Å². The zero-order valence-electron chi connectivity index (χ0n) is 16.1. The third-order valence-electron chi connectivity index (χ3n) is 5.45. The second kappa shape index (κ2) is 8.84. The van der Waals surface area contributed by atoms with Crippen LogP contribution in [0.1, 0.15) is 13.8 Å². The lowest BCUT2D eigenvalue weighted by Gasteiger charge is -2.41. The summed E-state index contributed by atoms with van der Waals surface area (Å²) in [5, 5.41) is 3.13. The number of carbonyl (C=O) groups excluding carboxylic acids is 1. The number of nitrogens with one attached hydrogen (secondary N) is 1. The van der Waals surface area contributed by atoms with E-state index < -0.39 is 0 Å². The van der Waals surface area contributed by atoms with E-state index in [0.717, 1.165) is 52.5 Å². The Labute approximate surface area is 157 Å². The summed E-state index contributed by atoms with van der Waals surface area (Å²) in [5.74, 6) is 0.125. The van der Waals surface area contributed by atoms with Gasteiger partial charge in [-0.3, -0.25) is 14.6 Å². The number of ether oxygens (including phenoxy) is 1. The van der Waals surface area contributed by atoms with Crippen molar-refractivity contribution in [2.24, 2.45) is 0 Å². The Morgan fingerprint density at radius 2 is 1.69 bits per heavy atom. The van der Waals surface area contributed by atoms with E-state index in [4.69, 9.17) is 4.74 Å². The average molecular weight is 361 g/mol. The minimum absolute atomic E-state index is 0.0363. The van der Waals surface area contributed by atoms with E-state index in [-0.39, 0.29) is 11.4 Å². The third-order valence-corrected chi connectivity index (χ3v) is 5.45. The van der Waals surface area contributed by atoms with Gasteiger partial charge in [0.15, 0.2) is 0 Å². The number of anilines is 1. The zero-order chi connectivity index (χ0) is 18.4. The number of benzene rings is 1. The van der Waals surface area contributed by atoms with E-state index in [9.17, 15) is 4.79 Å². The molecule has 1 aromatic rings. The Morgan fingerprint density at radius 1 is 1.04 bits per heavy atom. The summed E-state index contributed by atoms with van der Waals surface area (Å²) in [6.45, 7) is 12.8. The summed E-state index contributed by atoms with van der Waals surface area (Å²) in [6, 6.07) is 10.5. The van der Waals surface area contributed by atoms with Gasteiger partial charge in [0.25, 0.3) is 0 Å². The molecule has 0 spiro atoms. The molecular weight excluding hydrogens is 328 g/mol. The van der Waals surface area contributed by atoms with Crippen molar-refractivity contribution < 1.29 is 9.53 Å². The first-order chi connectivity index (χ1) is 12.5. The minimum atomic E-state index is -0.0363. The van der Waals surface area contributed by atoms with Crippen molar-refractivity contribution >= 4 is 11.6 Å². The molecule has 1 amide bonds. The number of amides is 1. The molecule has 2 heterocycles. The van der Waals surface area contributed by atoms with Gasteiger partial charge >= 0.3 is 0 Å². The van der Waals surface area contributed by atoms with Crippen LogP contribution in [0.15, 0.2) is 30.3 Å². The second-order valence-corrected chi connectivity index (χ2v) is 7.79. The van der Waals surface area contributed by atoms with Crippen LogP contribution < -0.4 is 10.2 Å². The van der Waals surface area contributed by atoms with E-state index in [1.807, 2.05) is 6.07 Å². The highest BCUT2D eigenvalue weighted by Crippen LogP contribution is 2.16. The van der Waals surface area contributed by atoms with Gasteiger partial charge in [0.2, 0.25) is 5.91 Å². The second-order valence-electron chi connectivity index (χ2n) is 7.79. The summed E-state index contributed by atoms with van der Waals surface area (Å²) < 4.78 is 5.42. The van der Waals surface area contributed by atoms with Crippen LogP contribution >= 0.6 is 0 Å². The van der Waals surface area contributed by atoms with E-state index in [0.29, 0.717) is 13.1 Å². The maximum atomic E-state index is 12.4. The van der Waals surface area contributed by atoms with Crippen LogP contribution in [-0.2, 0) is 9.53 Å². The largest absolute Gasteiger partial charge is 0.379 e. The predicted molar refractivity (Wildman–Crippen MR) is 105 cm³/mol. The molecule has 0 saturated carbocycles. The monoisotopic (exact) mass is 360 g/mol. The standard InChI is InChI=1S/C20H32N4O2/c1-20(2,24-12-14-26-15-13-24)17-21-19(25)16-22-8-10-23(11-9-22)18-6-4-3-5-7-18/h3-7H,8-17H2,1-2H3,(H,21,25). The summed E-state index contributed by atoms with van der Waals surface area (Å²) in [4.78, 5) is 19.4. The molecule has 0 radical (unpaired) electrons. The molecule has 2 aliphatic rings. The molecule has 2 saturated heterocycles. The van der Waals surface area contributed by atoms with Gasteiger partial charge < -0.3 is 15.0 Å². The van der Waals surface area contributed by atoms with E-state index in [1.165, 1.54) is 5.69 Å². The smallest absolute Gasteiger partial charge is 0.234 e. The molecule has 0 atom stereocenters. The molecule has 1 aromatic carbocycles. The summed E-state index contributed by atoms with van der Waals surface area (Å²) in [7, 11) is 0. The van der Waals surface area contributed by atoms with Crippen molar-refractivity contribution in [3.05, 3.63) is 30.3 Å². The topological polar surface area (TPSA) is 48.1 Å². The highest BCUT2D eigenvalue weighted by atomic mass is 16.5. The Kier molecular flexibility index (Phi) is 6.51. The van der Waals surface area contributed by atoms with Crippen molar-refractivity contribution in [2.75, 3.05) is 70.5 Å². The molecule has 2 aliphatic heterocycles. The van der Waals surface area contributed by atoms with Gasteiger partial charge in [-0.1, -0.05) is 18.2 Å². The summed E-state index contributed by atoms with van der Waals surface area (Å²) >= 11 is 0. The van der Waals surface area contributed by atoms with Crippen LogP contribution in [-0.4, -0.2) is 86.8 Å². The summed E-state index contributed by atoms with van der Waals surface area (Å²) in [5.41, 5.74) is 1.23. The van der Waals surface area contributed by atoms with Crippen molar-refractivity contribution in [2.45, 2.75) is 19.4 Å². The first kappa shape index (κ1) is 19.1. The molecule has 0 aliphatic carbocycles. The van der Waals surface area contributed by atoms with Crippen LogP contribution in [0.25, 0.3) is 0 Å². The number of piperazine rings is 1. The van der Waals surface area contributed by atoms with Crippen molar-refractivity contribution in [3.63, 3.8) is 0 Å². The maximum absolute atomic E-state index is 12.4. The number of morpholine rings is 1. The Bertz CT molecular complexity index is 564. The number of para-hydroxylation sites is 1. The van der Waals surface area contributed by atoms with E-state index in [2.05, 4.69) is 58.1 Å². The Balaban J connectivity index is 1.39. The number of carbonyl (C=O) groups is 1. The number of nitrogens with zero attached hydrogens (tertiary/aromatic N) is 3. The lowest BCUT2D eigenvalue weighted by Crippen LogP contribution is -2.56. The van der Waals surface area contributed by atoms with Gasteiger partial charge in [-0.25, -0.2) is 0 Å². The van der Waals surface area contributed by atoms with Crippen molar-refractivity contribution in [1.82, 2.24) is 15.1 Å². The fourth-order valence-electron chi connectivity index (χ4n) is 3.66. The average Bonchev–Trinajstić information content (AvgIpc) is 2.68. The number of hydrogen-bond acceptors (Lipinski definition) is 5. The van der Waals surface area contributed by atoms with Gasteiger partial charge in [0.1, 0.15) is 0 Å². The Morgan fingerprint density at radius 3 is 2.35 bits per heavy atom. The lowest BCUT2D eigenvalue weighted by atomic mass is 10.0. The normalized spacial score (nSPS) is 20.2. The molecule has 144 valence electrons. The minimum Gasteiger partial charge on any atom is -0.379 e. The molecule has 6 nitrogen and oxygen atoms in total. The van der Waals surface area contributed by atoms with Crippen LogP contribution in [0.2, 0.25) is 0 Å². The third kappa shape index (κ3) is 5.19. The van der Waals surface area contributed by atoms with Crippen LogP contribution in [0.3, 0.4) is 0 Å². The quantitative estimate of drug-likeness (QED) is 0.821. The SMILES string of the molecule is CC(C)(CNC(=O)CN1CCN(c2ccccc2)CC1)N1CCOCC1. The Hall–Kier alpha value is -1.63. The molecule has 1 N–H and O–H groups in total. The molecule has 0 bridgehead atoms.